The summed E-state index contributed by atoms with van der Waals surface area (Å²) in [5.74, 6) is 2.01. The zero-order valence-electron chi connectivity index (χ0n) is 19.8. The van der Waals surface area contributed by atoms with Gasteiger partial charge in [0.1, 0.15) is 11.5 Å². The molecule has 0 saturated carbocycles. The van der Waals surface area contributed by atoms with Crippen LogP contribution in [0.5, 0.6) is 28.7 Å². The van der Waals surface area contributed by atoms with Crippen LogP contribution in [-0.4, -0.2) is 82.7 Å². The highest BCUT2D eigenvalue weighted by molar-refractivity contribution is 6.14. The summed E-state index contributed by atoms with van der Waals surface area (Å²) in [4.78, 5) is 29.3. The van der Waals surface area contributed by atoms with Crippen LogP contribution >= 0.6 is 0 Å². The number of ether oxygens (including phenoxy) is 5. The number of rotatable bonds is 7. The number of Topliss-reactive ketones (excluding diaryl/α,β-unsaturated/α-hetero) is 1. The maximum absolute atomic E-state index is 12.9. The number of carbonyl (C=O) groups is 2. The fraction of sp³-hybridized carbons (Fsp3) is 0.360. The summed E-state index contributed by atoms with van der Waals surface area (Å²) < 4.78 is 27.7. The first-order valence-electron chi connectivity index (χ1n) is 10.9. The third-order valence-electron chi connectivity index (χ3n) is 5.88. The predicted molar refractivity (Wildman–Crippen MR) is 125 cm³/mol. The highest BCUT2D eigenvalue weighted by Crippen LogP contribution is 2.42. The van der Waals surface area contributed by atoms with Crippen molar-refractivity contribution in [2.24, 2.45) is 0 Å². The van der Waals surface area contributed by atoms with Crippen LogP contribution in [0.4, 0.5) is 0 Å². The van der Waals surface area contributed by atoms with Crippen molar-refractivity contribution in [2.75, 3.05) is 61.2 Å². The topological polar surface area (TPSA) is 86.8 Å². The summed E-state index contributed by atoms with van der Waals surface area (Å²) in [7, 11) is 6.60. The Morgan fingerprint density at radius 1 is 1.00 bits per heavy atom. The Morgan fingerprint density at radius 2 is 1.74 bits per heavy atom. The lowest BCUT2D eigenvalue weighted by Gasteiger charge is -2.32. The average molecular weight is 469 g/mol. The summed E-state index contributed by atoms with van der Waals surface area (Å²) in [6.45, 7) is 3.01. The second-order valence-electron chi connectivity index (χ2n) is 7.99. The molecule has 0 atom stereocenters. The third-order valence-corrected chi connectivity index (χ3v) is 5.88. The quantitative estimate of drug-likeness (QED) is 0.573. The van der Waals surface area contributed by atoms with Crippen molar-refractivity contribution in [2.45, 2.75) is 0 Å². The number of hydrogen-bond donors (Lipinski definition) is 0. The van der Waals surface area contributed by atoms with E-state index in [4.69, 9.17) is 23.7 Å². The fourth-order valence-corrected chi connectivity index (χ4v) is 3.93. The Bertz CT molecular complexity index is 1120. The molecule has 0 N–H and O–H groups in total. The molecule has 2 aromatic rings. The number of benzene rings is 2. The van der Waals surface area contributed by atoms with Gasteiger partial charge in [0.2, 0.25) is 11.5 Å². The van der Waals surface area contributed by atoms with Gasteiger partial charge in [0.25, 0.3) is 5.91 Å². The molecule has 1 fully saturated rings. The van der Waals surface area contributed by atoms with Crippen LogP contribution in [0.2, 0.25) is 0 Å². The van der Waals surface area contributed by atoms with Gasteiger partial charge < -0.3 is 33.5 Å². The summed E-state index contributed by atoms with van der Waals surface area (Å²) in [6.07, 6.45) is 1.60. The van der Waals surface area contributed by atoms with Crippen molar-refractivity contribution in [1.82, 2.24) is 9.80 Å². The van der Waals surface area contributed by atoms with Crippen molar-refractivity contribution in [3.8, 4) is 28.7 Å². The van der Waals surface area contributed by atoms with E-state index >= 15 is 0 Å². The molecule has 0 aliphatic carbocycles. The molecule has 0 unspecified atom stereocenters. The van der Waals surface area contributed by atoms with E-state index < -0.39 is 0 Å². The maximum Gasteiger partial charge on any atom is 0.260 e. The van der Waals surface area contributed by atoms with Gasteiger partial charge in [0, 0.05) is 37.8 Å². The van der Waals surface area contributed by atoms with Crippen molar-refractivity contribution < 1.29 is 33.3 Å². The van der Waals surface area contributed by atoms with Crippen molar-refractivity contribution >= 4 is 17.8 Å². The molecular formula is C25H28N2O7. The molecule has 0 spiro atoms. The van der Waals surface area contributed by atoms with Gasteiger partial charge >= 0.3 is 0 Å². The number of carbonyl (C=O) groups excluding carboxylic acids is 2. The van der Waals surface area contributed by atoms with Crippen molar-refractivity contribution in [3.63, 3.8) is 0 Å². The second-order valence-corrected chi connectivity index (χ2v) is 7.99. The van der Waals surface area contributed by atoms with Crippen LogP contribution in [0, 0.1) is 0 Å². The monoisotopic (exact) mass is 468 g/mol. The molecule has 9 heteroatoms. The summed E-state index contributed by atoms with van der Waals surface area (Å²) in [5, 5.41) is 0. The first-order valence-corrected chi connectivity index (χ1v) is 10.9. The number of ketones is 1. The van der Waals surface area contributed by atoms with E-state index in [1.807, 2.05) is 7.05 Å². The Kier molecular flexibility index (Phi) is 6.93. The molecule has 1 saturated heterocycles. The van der Waals surface area contributed by atoms with E-state index in [0.29, 0.717) is 53.0 Å². The Labute approximate surface area is 198 Å². The molecule has 180 valence electrons. The molecule has 4 rings (SSSR count). The van der Waals surface area contributed by atoms with E-state index in [1.165, 1.54) is 21.3 Å². The number of amides is 1. The van der Waals surface area contributed by atoms with Gasteiger partial charge in [-0.15, -0.1) is 0 Å². The summed E-state index contributed by atoms with van der Waals surface area (Å²) in [5.41, 5.74) is 1.02. The van der Waals surface area contributed by atoms with Gasteiger partial charge in [0.15, 0.2) is 23.9 Å². The second kappa shape index (κ2) is 10.0. The Hall–Kier alpha value is -3.72. The average Bonchev–Trinajstić information content (AvgIpc) is 3.16. The smallest absolute Gasteiger partial charge is 0.260 e. The molecule has 0 bridgehead atoms. The normalized spacial score (nSPS) is 16.8. The first kappa shape index (κ1) is 23.4. The summed E-state index contributed by atoms with van der Waals surface area (Å²) >= 11 is 0. The van der Waals surface area contributed by atoms with Gasteiger partial charge in [-0.3, -0.25) is 9.59 Å². The van der Waals surface area contributed by atoms with Gasteiger partial charge in [-0.25, -0.2) is 0 Å². The molecule has 2 aliphatic heterocycles. The molecule has 2 heterocycles. The van der Waals surface area contributed by atoms with Crippen molar-refractivity contribution in [3.05, 3.63) is 47.2 Å². The summed E-state index contributed by atoms with van der Waals surface area (Å²) in [6, 6.07) is 8.41. The molecule has 1 amide bonds. The molecule has 2 aliphatic rings. The van der Waals surface area contributed by atoms with Crippen LogP contribution < -0.4 is 23.7 Å². The first-order chi connectivity index (χ1) is 16.4. The fourth-order valence-electron chi connectivity index (χ4n) is 3.93. The molecule has 9 nitrogen and oxygen atoms in total. The maximum atomic E-state index is 12.9. The molecule has 2 aromatic carbocycles. The van der Waals surface area contributed by atoms with E-state index in [9.17, 15) is 9.59 Å². The van der Waals surface area contributed by atoms with Crippen molar-refractivity contribution in [1.29, 1.82) is 0 Å². The highest BCUT2D eigenvalue weighted by atomic mass is 16.5. The molecule has 34 heavy (non-hydrogen) atoms. The van der Waals surface area contributed by atoms with E-state index in [0.717, 1.165) is 13.1 Å². The van der Waals surface area contributed by atoms with Gasteiger partial charge in [-0.1, -0.05) is 0 Å². The lowest BCUT2D eigenvalue weighted by molar-refractivity contribution is -0.134. The minimum absolute atomic E-state index is 0.0632. The van der Waals surface area contributed by atoms with E-state index in [-0.39, 0.29) is 24.1 Å². The van der Waals surface area contributed by atoms with Gasteiger partial charge in [-0.05, 0) is 37.4 Å². The van der Waals surface area contributed by atoms with E-state index in [2.05, 4.69) is 4.90 Å². The minimum Gasteiger partial charge on any atom is -0.493 e. The number of nitrogens with zero attached hydrogens (tertiary/aromatic N) is 2. The Balaban J connectivity index is 1.48. The lowest BCUT2D eigenvalue weighted by atomic mass is 10.1. The number of hydrogen-bond acceptors (Lipinski definition) is 8. The predicted octanol–water partition coefficient (Wildman–Crippen LogP) is 2.48. The Morgan fingerprint density at radius 3 is 2.41 bits per heavy atom. The highest BCUT2D eigenvalue weighted by Gasteiger charge is 2.29. The standard InChI is InChI=1S/C25H28N2O7/c1-26-9-11-27(12-10-26)22(28)15-33-17-6-7-18-20(14-17)34-21(23(18)29)13-16-5-8-19(30-2)25(32-4)24(16)31-3/h5-8,13-14H,9-12,15H2,1-4H3. The number of fused-ring (bicyclic) bond motifs is 1. The largest absolute Gasteiger partial charge is 0.493 e. The van der Waals surface area contributed by atoms with Gasteiger partial charge in [-0.2, -0.15) is 0 Å². The van der Waals surface area contributed by atoms with Crippen LogP contribution in [0.1, 0.15) is 15.9 Å². The third kappa shape index (κ3) is 4.65. The zero-order chi connectivity index (χ0) is 24.2. The minimum atomic E-state index is -0.257. The van der Waals surface area contributed by atoms with Gasteiger partial charge in [0.05, 0.1) is 26.9 Å². The number of methoxy groups -OCH3 is 3. The molecule has 0 radical (unpaired) electrons. The van der Waals surface area contributed by atoms with Crippen LogP contribution in [0.15, 0.2) is 36.1 Å². The number of likely N-dealkylation sites (N-methyl/N-ethyl adjacent to an activating group) is 1. The number of allylic oxidation sites excluding steroid dienone is 1. The lowest BCUT2D eigenvalue weighted by Crippen LogP contribution is -2.48. The van der Waals surface area contributed by atoms with Crippen LogP contribution in [0.25, 0.3) is 6.08 Å². The SMILES string of the molecule is COc1ccc(C=C2Oc3cc(OCC(=O)N4CCN(C)CC4)ccc3C2=O)c(OC)c1OC. The zero-order valence-corrected chi connectivity index (χ0v) is 19.8. The van der Waals surface area contributed by atoms with Crippen LogP contribution in [0.3, 0.4) is 0 Å². The molecular weight excluding hydrogens is 440 g/mol. The van der Waals surface area contributed by atoms with E-state index in [1.54, 1.807) is 41.3 Å². The number of piperazine rings is 1. The van der Waals surface area contributed by atoms with Crippen LogP contribution in [-0.2, 0) is 4.79 Å². The molecule has 0 aromatic heterocycles.